The van der Waals surface area contributed by atoms with Gasteiger partial charge in [0.05, 0.1) is 16.8 Å². The number of nitrogens with one attached hydrogen (secondary N) is 1. The topological polar surface area (TPSA) is 304 Å². The van der Waals surface area contributed by atoms with Gasteiger partial charge in [-0.3, -0.25) is 9.78 Å². The molecule has 17 nitrogen and oxygen atoms in total. The number of phenols is 4. The van der Waals surface area contributed by atoms with E-state index in [1.165, 1.54) is 6.92 Å². The Bertz CT molecular complexity index is 1400. The second-order valence-corrected chi connectivity index (χ2v) is 8.51. The molecule has 2 heterocycles. The summed E-state index contributed by atoms with van der Waals surface area (Å²) in [6, 6.07) is -0.887. The number of nitrogen functional groups attached to an aromatic ring is 2. The molecule has 0 fully saturated rings. The van der Waals surface area contributed by atoms with Crippen molar-refractivity contribution in [2.24, 2.45) is 0 Å². The third kappa shape index (κ3) is 4.62. The molecular weight excluding hydrogens is 624 g/mol. The van der Waals surface area contributed by atoms with Gasteiger partial charge in [0.1, 0.15) is 14.8 Å². The summed E-state index contributed by atoms with van der Waals surface area (Å²) in [5.41, 5.74) is 8.74. The highest BCUT2D eigenvalue weighted by molar-refractivity contribution is 9.11. The molecule has 0 atom stereocenters. The van der Waals surface area contributed by atoms with Crippen molar-refractivity contribution in [3.05, 3.63) is 25.0 Å². The highest BCUT2D eigenvalue weighted by Gasteiger charge is 2.56. The third-order valence-corrected chi connectivity index (χ3v) is 6.10. The Balaban J connectivity index is 2.14. The van der Waals surface area contributed by atoms with Gasteiger partial charge >= 0.3 is 18.0 Å². The lowest BCUT2D eigenvalue weighted by atomic mass is 10.0. The standard InChI is InChI=1S/C17H16Br2N6O11/c1-2-5(18)12(30)24-15(22-2)36-17(33,34)16(31,32)35-13-4(11(20)23-14(21)25-13)3-7(26)9(28)6(19)10(29)8(3)27/h26-29,31-34H,1H3,(H,22,24,30)(H4,20,21,23,25). The number of H-pyrrole nitrogens is 1. The van der Waals surface area contributed by atoms with Gasteiger partial charge in [-0.25, -0.2) is 4.98 Å². The van der Waals surface area contributed by atoms with Gasteiger partial charge < -0.3 is 61.8 Å². The molecule has 19 heteroatoms. The van der Waals surface area contributed by atoms with Crippen LogP contribution in [0.4, 0.5) is 11.8 Å². The minimum absolute atomic E-state index is 0.0198. The molecule has 1 aromatic carbocycles. The van der Waals surface area contributed by atoms with E-state index < -0.39 is 79.8 Å². The van der Waals surface area contributed by atoms with Crippen molar-refractivity contribution in [1.82, 2.24) is 19.9 Å². The summed E-state index contributed by atoms with van der Waals surface area (Å²) in [6.45, 7) is 1.34. The van der Waals surface area contributed by atoms with Gasteiger partial charge in [-0.1, -0.05) is 0 Å². The fourth-order valence-electron chi connectivity index (χ4n) is 2.69. The van der Waals surface area contributed by atoms with E-state index in [4.69, 9.17) is 16.2 Å². The molecule has 0 aliphatic rings. The predicted octanol–water partition coefficient (Wildman–Crippen LogP) is -1.22. The first kappa shape index (κ1) is 27.0. The minimum atomic E-state index is -4.17. The molecule has 194 valence electrons. The van der Waals surface area contributed by atoms with Gasteiger partial charge in [-0.2, -0.15) is 9.97 Å². The van der Waals surface area contributed by atoms with E-state index in [1.54, 1.807) is 0 Å². The molecule has 2 aromatic heterocycles. The molecule has 3 rings (SSSR count). The zero-order valence-corrected chi connectivity index (χ0v) is 20.7. The maximum absolute atomic E-state index is 11.8. The van der Waals surface area contributed by atoms with E-state index in [0.29, 0.717) is 0 Å². The minimum Gasteiger partial charge on any atom is -0.504 e. The fourth-order valence-corrected chi connectivity index (χ4v) is 3.25. The average molecular weight is 640 g/mol. The first-order valence-electron chi connectivity index (χ1n) is 9.11. The molecule has 0 saturated carbocycles. The molecule has 3 aromatic rings. The number of aromatic hydroxyl groups is 4. The first-order chi connectivity index (χ1) is 16.5. The maximum Gasteiger partial charge on any atom is 0.424 e. The Kier molecular flexibility index (Phi) is 6.83. The monoisotopic (exact) mass is 638 g/mol. The summed E-state index contributed by atoms with van der Waals surface area (Å²) in [6.07, 6.45) is 0. The van der Waals surface area contributed by atoms with Gasteiger partial charge in [0.15, 0.2) is 23.0 Å². The van der Waals surface area contributed by atoms with Crippen LogP contribution < -0.4 is 26.5 Å². The summed E-state index contributed by atoms with van der Waals surface area (Å²) >= 11 is 5.65. The number of ether oxygens (including phenoxy) is 2. The molecule has 0 bridgehead atoms. The Morgan fingerprint density at radius 3 is 1.86 bits per heavy atom. The van der Waals surface area contributed by atoms with Gasteiger partial charge in [0.25, 0.3) is 5.56 Å². The number of aromatic amines is 1. The number of phenolic OH excluding ortho intramolecular Hbond substituents is 4. The van der Waals surface area contributed by atoms with Crippen LogP contribution in [0.25, 0.3) is 11.1 Å². The van der Waals surface area contributed by atoms with Crippen LogP contribution in [0.2, 0.25) is 0 Å². The highest BCUT2D eigenvalue weighted by atomic mass is 79.9. The Hall–Kier alpha value is -3.62. The molecular formula is C17H16Br2N6O11. The number of aliphatic hydroxyl groups is 4. The van der Waals surface area contributed by atoms with Crippen molar-refractivity contribution >= 4 is 43.6 Å². The van der Waals surface area contributed by atoms with E-state index in [0.717, 1.165) is 0 Å². The van der Waals surface area contributed by atoms with Gasteiger partial charge in [0, 0.05) is 0 Å². The molecule has 0 amide bonds. The number of halogens is 2. The summed E-state index contributed by atoms with van der Waals surface area (Å²) in [4.78, 5) is 24.5. The molecule has 0 aliphatic carbocycles. The van der Waals surface area contributed by atoms with Crippen molar-refractivity contribution in [3.63, 3.8) is 0 Å². The quantitative estimate of drug-likeness (QED) is 0.0855. The van der Waals surface area contributed by atoms with Gasteiger partial charge in [-0.05, 0) is 38.8 Å². The summed E-state index contributed by atoms with van der Waals surface area (Å²) in [7, 11) is 0. The molecule has 0 spiro atoms. The number of benzene rings is 1. The van der Waals surface area contributed by atoms with Crippen LogP contribution in [0, 0.1) is 6.92 Å². The number of aryl methyl sites for hydroxylation is 1. The smallest absolute Gasteiger partial charge is 0.424 e. The lowest BCUT2D eigenvalue weighted by Crippen LogP contribution is -2.62. The van der Waals surface area contributed by atoms with Crippen molar-refractivity contribution in [1.29, 1.82) is 0 Å². The van der Waals surface area contributed by atoms with Gasteiger partial charge in [-0.15, -0.1) is 0 Å². The lowest BCUT2D eigenvalue weighted by Gasteiger charge is -2.32. The first-order valence-corrected chi connectivity index (χ1v) is 10.7. The number of nitrogens with two attached hydrogens (primary N) is 2. The van der Waals surface area contributed by atoms with Crippen LogP contribution in [0.3, 0.4) is 0 Å². The zero-order chi connectivity index (χ0) is 27.3. The fraction of sp³-hybridized carbons (Fsp3) is 0.176. The van der Waals surface area contributed by atoms with E-state index in [2.05, 4.69) is 51.5 Å². The zero-order valence-electron chi connectivity index (χ0n) is 17.6. The van der Waals surface area contributed by atoms with Crippen LogP contribution in [-0.2, 0) is 0 Å². The summed E-state index contributed by atoms with van der Waals surface area (Å²) in [5.74, 6) is -15.0. The Morgan fingerprint density at radius 2 is 1.33 bits per heavy atom. The second kappa shape index (κ2) is 9.11. The Labute approximate surface area is 215 Å². The number of aromatic nitrogens is 4. The molecule has 0 radical (unpaired) electrons. The Morgan fingerprint density at radius 1 is 0.806 bits per heavy atom. The van der Waals surface area contributed by atoms with E-state index in [-0.39, 0.29) is 10.2 Å². The van der Waals surface area contributed by atoms with E-state index in [1.807, 2.05) is 4.98 Å². The van der Waals surface area contributed by atoms with Crippen molar-refractivity contribution in [2.75, 3.05) is 11.5 Å². The average Bonchev–Trinajstić information content (AvgIpc) is 2.75. The summed E-state index contributed by atoms with van der Waals surface area (Å²) in [5, 5.41) is 81.7. The third-order valence-electron chi connectivity index (χ3n) is 4.42. The predicted molar refractivity (Wildman–Crippen MR) is 124 cm³/mol. The molecule has 13 N–H and O–H groups in total. The maximum atomic E-state index is 11.8. The van der Waals surface area contributed by atoms with Crippen molar-refractivity contribution in [3.8, 4) is 46.0 Å². The molecule has 0 aliphatic heterocycles. The van der Waals surface area contributed by atoms with E-state index in [9.17, 15) is 45.6 Å². The molecule has 0 unspecified atom stereocenters. The SMILES string of the molecule is Cc1nc(OC(O)(O)C(O)(O)Oc2nc(N)nc(N)c2-c2c(O)c(O)c(Br)c(O)c2O)[nH]c(=O)c1Br. The van der Waals surface area contributed by atoms with Crippen LogP contribution in [0.1, 0.15) is 5.69 Å². The number of nitrogens with zero attached hydrogens (tertiary/aromatic N) is 3. The summed E-state index contributed by atoms with van der Waals surface area (Å²) < 4.78 is 8.76. The highest BCUT2D eigenvalue weighted by Crippen LogP contribution is 2.56. The largest absolute Gasteiger partial charge is 0.504 e. The van der Waals surface area contributed by atoms with Crippen LogP contribution >= 0.6 is 31.9 Å². The van der Waals surface area contributed by atoms with Gasteiger partial charge in [0.2, 0.25) is 11.8 Å². The van der Waals surface area contributed by atoms with Crippen molar-refractivity contribution in [2.45, 2.75) is 18.9 Å². The number of hydrogen-bond acceptors (Lipinski definition) is 16. The number of hydrogen-bond donors (Lipinski definition) is 11. The van der Waals surface area contributed by atoms with Crippen LogP contribution in [0.15, 0.2) is 13.7 Å². The van der Waals surface area contributed by atoms with Crippen molar-refractivity contribution < 1.29 is 50.3 Å². The number of rotatable bonds is 6. The van der Waals surface area contributed by atoms with Crippen LogP contribution in [0.5, 0.6) is 34.9 Å². The lowest BCUT2D eigenvalue weighted by molar-refractivity contribution is -0.492. The number of anilines is 2. The normalized spacial score (nSPS) is 12.0. The van der Waals surface area contributed by atoms with E-state index >= 15 is 0 Å². The van der Waals surface area contributed by atoms with Crippen LogP contribution in [-0.4, -0.2) is 72.7 Å². The molecule has 0 saturated heterocycles. The second-order valence-electron chi connectivity index (χ2n) is 6.92. The molecule has 36 heavy (non-hydrogen) atoms.